The van der Waals surface area contributed by atoms with Crippen LogP contribution in [0.25, 0.3) is 0 Å². The predicted octanol–water partition coefficient (Wildman–Crippen LogP) is 2.12. The van der Waals surface area contributed by atoms with Crippen molar-refractivity contribution in [3.63, 3.8) is 0 Å². The molecular weight excluding hydrogens is 478 g/mol. The van der Waals surface area contributed by atoms with Gasteiger partial charge in [0.15, 0.2) is 12.3 Å². The van der Waals surface area contributed by atoms with E-state index in [1.165, 1.54) is 35.8 Å². The summed E-state index contributed by atoms with van der Waals surface area (Å²) < 4.78 is 6.37. The first-order valence-corrected chi connectivity index (χ1v) is 11.7. The van der Waals surface area contributed by atoms with Gasteiger partial charge in [0.25, 0.3) is 11.5 Å². The summed E-state index contributed by atoms with van der Waals surface area (Å²) in [5.74, 6) is -1.84. The van der Waals surface area contributed by atoms with Gasteiger partial charge in [0.2, 0.25) is 5.91 Å². The van der Waals surface area contributed by atoms with E-state index in [2.05, 4.69) is 10.3 Å². The number of nitrogens with one attached hydrogen (secondary N) is 2. The van der Waals surface area contributed by atoms with Gasteiger partial charge in [-0.2, -0.15) is 0 Å². The van der Waals surface area contributed by atoms with Gasteiger partial charge in [-0.05, 0) is 36.2 Å². The Morgan fingerprint density at radius 3 is 2.35 bits per heavy atom. The first kappa shape index (κ1) is 26.9. The number of aromatic nitrogens is 2. The maximum Gasteiger partial charge on any atom is 0.338 e. The molecule has 0 aliphatic rings. The Balaban J connectivity index is 1.83. The maximum absolute atomic E-state index is 13.1. The van der Waals surface area contributed by atoms with E-state index in [0.29, 0.717) is 18.5 Å². The highest BCUT2D eigenvalue weighted by Gasteiger charge is 2.25. The van der Waals surface area contributed by atoms with E-state index >= 15 is 0 Å². The van der Waals surface area contributed by atoms with Crippen LogP contribution in [-0.4, -0.2) is 40.5 Å². The van der Waals surface area contributed by atoms with E-state index in [1.54, 1.807) is 12.1 Å². The minimum Gasteiger partial charge on any atom is -0.452 e. The number of anilines is 3. The van der Waals surface area contributed by atoms with E-state index in [0.717, 1.165) is 10.5 Å². The summed E-state index contributed by atoms with van der Waals surface area (Å²) >= 11 is 0. The van der Waals surface area contributed by atoms with Crippen molar-refractivity contribution in [2.75, 3.05) is 29.1 Å². The Morgan fingerprint density at radius 1 is 1.05 bits per heavy atom. The number of rotatable bonds is 10. The van der Waals surface area contributed by atoms with Crippen LogP contribution in [0.15, 0.2) is 64.2 Å². The number of H-pyrrole nitrogens is 1. The standard InChI is InChI=1S/C26H29N5O6/c1-3-4-14-30(21(33)16-37-25(35)19-10-12-20(13-11-19)28-17(2)32)22-23(27)31(26(36)29-24(22)34)15-18-8-6-5-7-9-18/h5-13H,3-4,14-16,27H2,1-2H3,(H,28,32)(H,29,34,36). The fourth-order valence-electron chi connectivity index (χ4n) is 3.62. The minimum atomic E-state index is -0.809. The largest absolute Gasteiger partial charge is 0.452 e. The van der Waals surface area contributed by atoms with Crippen molar-refractivity contribution in [3.8, 4) is 0 Å². The average molecular weight is 508 g/mol. The lowest BCUT2D eigenvalue weighted by molar-refractivity contribution is -0.121. The van der Waals surface area contributed by atoms with E-state index in [4.69, 9.17) is 10.5 Å². The molecule has 11 heteroatoms. The molecule has 0 aliphatic heterocycles. The van der Waals surface area contributed by atoms with Crippen LogP contribution >= 0.6 is 0 Å². The van der Waals surface area contributed by atoms with Gasteiger partial charge in [-0.15, -0.1) is 0 Å². The number of esters is 1. The molecule has 0 saturated carbocycles. The lowest BCUT2D eigenvalue weighted by Gasteiger charge is -2.24. The van der Waals surface area contributed by atoms with Crippen LogP contribution in [0.3, 0.4) is 0 Å². The number of carbonyl (C=O) groups excluding carboxylic acids is 3. The van der Waals surface area contributed by atoms with Crippen molar-refractivity contribution in [1.82, 2.24) is 9.55 Å². The number of carbonyl (C=O) groups is 3. The number of nitrogen functional groups attached to an aromatic ring is 1. The summed E-state index contributed by atoms with van der Waals surface area (Å²) in [6.07, 6.45) is 1.26. The number of benzene rings is 2. The number of ether oxygens (including phenoxy) is 1. The van der Waals surface area contributed by atoms with Crippen molar-refractivity contribution in [2.45, 2.75) is 33.2 Å². The van der Waals surface area contributed by atoms with Crippen LogP contribution in [0, 0.1) is 0 Å². The molecule has 3 aromatic rings. The van der Waals surface area contributed by atoms with Crippen molar-refractivity contribution >= 4 is 35.0 Å². The number of amides is 2. The zero-order valence-electron chi connectivity index (χ0n) is 20.7. The van der Waals surface area contributed by atoms with Gasteiger partial charge >= 0.3 is 11.7 Å². The molecule has 0 saturated heterocycles. The fourth-order valence-corrected chi connectivity index (χ4v) is 3.62. The number of aromatic amines is 1. The smallest absolute Gasteiger partial charge is 0.338 e. The topological polar surface area (TPSA) is 157 Å². The van der Waals surface area contributed by atoms with Gasteiger partial charge in [0.1, 0.15) is 5.82 Å². The molecule has 0 bridgehead atoms. The van der Waals surface area contributed by atoms with Crippen LogP contribution in [0.4, 0.5) is 17.2 Å². The SMILES string of the molecule is CCCCN(C(=O)COC(=O)c1ccc(NC(C)=O)cc1)c1c(N)n(Cc2ccccc2)c(=O)[nH]c1=O. The second-order valence-electron chi connectivity index (χ2n) is 8.30. The number of unbranched alkanes of at least 4 members (excludes halogenated alkanes) is 1. The molecule has 3 rings (SSSR count). The van der Waals surface area contributed by atoms with Crippen LogP contribution in [-0.2, 0) is 20.9 Å². The average Bonchev–Trinajstić information content (AvgIpc) is 2.87. The molecule has 0 radical (unpaired) electrons. The normalized spacial score (nSPS) is 10.5. The highest BCUT2D eigenvalue weighted by atomic mass is 16.5. The van der Waals surface area contributed by atoms with E-state index in [1.807, 2.05) is 25.1 Å². The first-order chi connectivity index (χ1) is 17.7. The molecule has 0 spiro atoms. The predicted molar refractivity (Wildman–Crippen MR) is 140 cm³/mol. The van der Waals surface area contributed by atoms with Gasteiger partial charge in [-0.1, -0.05) is 43.7 Å². The third-order valence-electron chi connectivity index (χ3n) is 5.47. The van der Waals surface area contributed by atoms with E-state index in [-0.39, 0.29) is 36.1 Å². The van der Waals surface area contributed by atoms with Crippen LogP contribution in [0.2, 0.25) is 0 Å². The quantitative estimate of drug-likeness (QED) is 0.355. The summed E-state index contributed by atoms with van der Waals surface area (Å²) in [4.78, 5) is 65.4. The molecule has 2 amide bonds. The number of hydrogen-bond donors (Lipinski definition) is 3. The summed E-state index contributed by atoms with van der Waals surface area (Å²) in [6.45, 7) is 2.86. The van der Waals surface area contributed by atoms with Crippen LogP contribution in [0.5, 0.6) is 0 Å². The molecule has 0 aliphatic carbocycles. The lowest BCUT2D eigenvalue weighted by atomic mass is 10.2. The molecule has 11 nitrogen and oxygen atoms in total. The monoisotopic (exact) mass is 507 g/mol. The Hall–Kier alpha value is -4.67. The fraction of sp³-hybridized carbons (Fsp3) is 0.269. The van der Waals surface area contributed by atoms with Gasteiger partial charge in [0, 0.05) is 19.2 Å². The molecule has 0 atom stereocenters. The van der Waals surface area contributed by atoms with Crippen molar-refractivity contribution in [2.24, 2.45) is 0 Å². The zero-order valence-corrected chi connectivity index (χ0v) is 20.7. The third kappa shape index (κ3) is 6.94. The Bertz CT molecular complexity index is 1380. The van der Waals surface area contributed by atoms with Crippen molar-refractivity contribution in [1.29, 1.82) is 0 Å². The molecule has 1 heterocycles. The number of nitrogens with zero attached hydrogens (tertiary/aromatic N) is 2. The molecule has 2 aromatic carbocycles. The Labute approximate surface area is 212 Å². The molecule has 0 fully saturated rings. The van der Waals surface area contributed by atoms with Gasteiger partial charge in [-0.25, -0.2) is 9.59 Å². The summed E-state index contributed by atoms with van der Waals surface area (Å²) in [7, 11) is 0. The van der Waals surface area contributed by atoms with Crippen LogP contribution in [0.1, 0.15) is 42.6 Å². The Morgan fingerprint density at radius 2 is 1.73 bits per heavy atom. The molecular formula is C26H29N5O6. The van der Waals surface area contributed by atoms with Crippen molar-refractivity contribution < 1.29 is 19.1 Å². The van der Waals surface area contributed by atoms with Gasteiger partial charge < -0.3 is 20.7 Å². The van der Waals surface area contributed by atoms with Crippen molar-refractivity contribution in [3.05, 3.63) is 86.6 Å². The first-order valence-electron chi connectivity index (χ1n) is 11.7. The lowest BCUT2D eigenvalue weighted by Crippen LogP contribution is -2.43. The third-order valence-corrected chi connectivity index (χ3v) is 5.47. The zero-order chi connectivity index (χ0) is 26.9. The minimum absolute atomic E-state index is 0.0918. The van der Waals surface area contributed by atoms with E-state index < -0.39 is 29.7 Å². The summed E-state index contributed by atoms with van der Waals surface area (Å²) in [5, 5.41) is 2.59. The molecule has 0 unspecified atom stereocenters. The number of nitrogens with two attached hydrogens (primary N) is 1. The summed E-state index contributed by atoms with van der Waals surface area (Å²) in [6, 6.07) is 15.0. The van der Waals surface area contributed by atoms with Gasteiger partial charge in [0.05, 0.1) is 12.1 Å². The molecule has 4 N–H and O–H groups in total. The molecule has 37 heavy (non-hydrogen) atoms. The summed E-state index contributed by atoms with van der Waals surface area (Å²) in [5.41, 5.74) is 6.02. The molecule has 194 valence electrons. The highest BCUT2D eigenvalue weighted by molar-refractivity contribution is 5.98. The highest BCUT2D eigenvalue weighted by Crippen LogP contribution is 2.19. The van der Waals surface area contributed by atoms with Gasteiger partial charge in [-0.3, -0.25) is 23.9 Å². The van der Waals surface area contributed by atoms with Crippen LogP contribution < -0.4 is 27.2 Å². The second-order valence-corrected chi connectivity index (χ2v) is 8.30. The number of hydrogen-bond acceptors (Lipinski definition) is 7. The Kier molecular flexibility index (Phi) is 8.98. The molecule has 1 aromatic heterocycles. The van der Waals surface area contributed by atoms with E-state index in [9.17, 15) is 24.0 Å². The second kappa shape index (κ2) is 12.3. The maximum atomic E-state index is 13.1.